The summed E-state index contributed by atoms with van der Waals surface area (Å²) in [5.74, 6) is -0.324. The minimum Gasteiger partial charge on any atom is -0.468 e. The molecular weight excluding hydrogens is 254 g/mol. The Labute approximate surface area is 118 Å². The van der Waals surface area contributed by atoms with Crippen molar-refractivity contribution >= 4 is 5.97 Å². The number of benzene rings is 1. The van der Waals surface area contributed by atoms with Crippen molar-refractivity contribution < 1.29 is 9.53 Å². The van der Waals surface area contributed by atoms with Gasteiger partial charge in [-0.15, -0.1) is 0 Å². The summed E-state index contributed by atoms with van der Waals surface area (Å²) in [5.41, 5.74) is 6.88. The standard InChI is InChI=1S/C15H19N3O2/c1-18-10-12(9-17-18)8-15(11-16,14(19)20-2)13-6-4-3-5-7-13/h3-7,9-10H,8,11,16H2,1-2H3. The number of hydrogen-bond acceptors (Lipinski definition) is 4. The number of hydrogen-bond donors (Lipinski definition) is 1. The van der Waals surface area contributed by atoms with E-state index in [0.29, 0.717) is 6.42 Å². The largest absolute Gasteiger partial charge is 0.468 e. The fraction of sp³-hybridized carbons (Fsp3) is 0.333. The molecule has 0 aliphatic carbocycles. The highest BCUT2D eigenvalue weighted by atomic mass is 16.5. The molecule has 1 atom stereocenters. The molecule has 2 aromatic rings. The first-order valence-corrected chi connectivity index (χ1v) is 6.44. The number of methoxy groups -OCH3 is 1. The van der Waals surface area contributed by atoms with Crippen LogP contribution < -0.4 is 5.73 Å². The van der Waals surface area contributed by atoms with Gasteiger partial charge in [-0.3, -0.25) is 9.48 Å². The molecule has 0 saturated carbocycles. The van der Waals surface area contributed by atoms with Crippen LogP contribution in [0.25, 0.3) is 0 Å². The second-order valence-electron chi connectivity index (χ2n) is 4.84. The predicted octanol–water partition coefficient (Wildman–Crippen LogP) is 1.03. The summed E-state index contributed by atoms with van der Waals surface area (Å²) in [6.07, 6.45) is 4.10. The molecular formula is C15H19N3O2. The van der Waals surface area contributed by atoms with Crippen molar-refractivity contribution in [2.75, 3.05) is 13.7 Å². The molecule has 1 unspecified atom stereocenters. The number of carbonyl (C=O) groups is 1. The van der Waals surface area contributed by atoms with E-state index in [2.05, 4.69) is 5.10 Å². The van der Waals surface area contributed by atoms with Gasteiger partial charge in [-0.25, -0.2) is 0 Å². The topological polar surface area (TPSA) is 70.1 Å². The van der Waals surface area contributed by atoms with E-state index in [1.54, 1.807) is 10.9 Å². The van der Waals surface area contributed by atoms with Crippen LogP contribution >= 0.6 is 0 Å². The molecule has 0 aliphatic rings. The van der Waals surface area contributed by atoms with Crippen molar-refractivity contribution in [3.8, 4) is 0 Å². The van der Waals surface area contributed by atoms with E-state index in [4.69, 9.17) is 10.5 Å². The smallest absolute Gasteiger partial charge is 0.317 e. The van der Waals surface area contributed by atoms with Gasteiger partial charge in [-0.1, -0.05) is 30.3 Å². The molecule has 5 nitrogen and oxygen atoms in total. The molecule has 0 aliphatic heterocycles. The highest BCUT2D eigenvalue weighted by molar-refractivity contribution is 5.84. The number of ether oxygens (including phenoxy) is 1. The second-order valence-corrected chi connectivity index (χ2v) is 4.84. The van der Waals surface area contributed by atoms with Crippen molar-refractivity contribution in [2.45, 2.75) is 11.8 Å². The summed E-state index contributed by atoms with van der Waals surface area (Å²) < 4.78 is 6.70. The van der Waals surface area contributed by atoms with Crippen LogP contribution in [0.1, 0.15) is 11.1 Å². The molecule has 0 amide bonds. The van der Waals surface area contributed by atoms with Crippen LogP contribution in [0.15, 0.2) is 42.7 Å². The average Bonchev–Trinajstić information content (AvgIpc) is 2.90. The quantitative estimate of drug-likeness (QED) is 0.826. The Balaban J connectivity index is 2.45. The molecule has 1 aromatic heterocycles. The maximum absolute atomic E-state index is 12.3. The van der Waals surface area contributed by atoms with Gasteiger partial charge in [0.1, 0.15) is 5.41 Å². The number of carbonyl (C=O) groups excluding carboxylic acids is 1. The Hall–Kier alpha value is -2.14. The van der Waals surface area contributed by atoms with Gasteiger partial charge in [-0.2, -0.15) is 5.10 Å². The molecule has 0 saturated heterocycles. The lowest BCUT2D eigenvalue weighted by molar-refractivity contribution is -0.147. The van der Waals surface area contributed by atoms with Gasteiger partial charge >= 0.3 is 5.97 Å². The number of rotatable bonds is 5. The maximum atomic E-state index is 12.3. The van der Waals surface area contributed by atoms with E-state index in [9.17, 15) is 4.79 Å². The monoisotopic (exact) mass is 273 g/mol. The van der Waals surface area contributed by atoms with Crippen LogP contribution in [-0.2, 0) is 28.4 Å². The lowest BCUT2D eigenvalue weighted by Gasteiger charge is -2.29. The number of aryl methyl sites for hydroxylation is 1. The summed E-state index contributed by atoms with van der Waals surface area (Å²) in [4.78, 5) is 12.3. The maximum Gasteiger partial charge on any atom is 0.317 e. The van der Waals surface area contributed by atoms with Gasteiger partial charge in [0.2, 0.25) is 0 Å². The summed E-state index contributed by atoms with van der Waals surface area (Å²) in [6, 6.07) is 9.50. The van der Waals surface area contributed by atoms with E-state index >= 15 is 0 Å². The molecule has 0 spiro atoms. The van der Waals surface area contributed by atoms with Gasteiger partial charge < -0.3 is 10.5 Å². The van der Waals surface area contributed by atoms with Crippen molar-refractivity contribution in [3.05, 3.63) is 53.9 Å². The highest BCUT2D eigenvalue weighted by Crippen LogP contribution is 2.29. The van der Waals surface area contributed by atoms with Gasteiger partial charge in [-0.05, 0) is 17.5 Å². The summed E-state index contributed by atoms with van der Waals surface area (Å²) in [7, 11) is 3.23. The van der Waals surface area contributed by atoms with E-state index in [1.807, 2.05) is 43.6 Å². The SMILES string of the molecule is COC(=O)C(CN)(Cc1cnn(C)c1)c1ccccc1. The van der Waals surface area contributed by atoms with Gasteiger partial charge in [0.15, 0.2) is 0 Å². The van der Waals surface area contributed by atoms with E-state index in [0.717, 1.165) is 11.1 Å². The number of esters is 1. The normalized spacial score (nSPS) is 13.8. The molecule has 5 heteroatoms. The first kappa shape index (κ1) is 14.3. The third-order valence-electron chi connectivity index (χ3n) is 3.52. The first-order valence-electron chi connectivity index (χ1n) is 6.44. The van der Waals surface area contributed by atoms with E-state index < -0.39 is 5.41 Å². The van der Waals surface area contributed by atoms with Crippen LogP contribution in [0.4, 0.5) is 0 Å². The minimum atomic E-state index is -0.876. The van der Waals surface area contributed by atoms with Gasteiger partial charge in [0.05, 0.1) is 13.3 Å². The first-order chi connectivity index (χ1) is 9.62. The lowest BCUT2D eigenvalue weighted by Crippen LogP contribution is -2.45. The third-order valence-corrected chi connectivity index (χ3v) is 3.52. The molecule has 1 aromatic carbocycles. The fourth-order valence-corrected chi connectivity index (χ4v) is 2.43. The van der Waals surface area contributed by atoms with E-state index in [1.165, 1.54) is 7.11 Å². The molecule has 0 bridgehead atoms. The molecule has 2 N–H and O–H groups in total. The van der Waals surface area contributed by atoms with Crippen molar-refractivity contribution in [1.29, 1.82) is 0 Å². The van der Waals surface area contributed by atoms with Crippen molar-refractivity contribution in [2.24, 2.45) is 12.8 Å². The molecule has 20 heavy (non-hydrogen) atoms. The Morgan fingerprint density at radius 3 is 2.60 bits per heavy atom. The van der Waals surface area contributed by atoms with Crippen LogP contribution in [0.2, 0.25) is 0 Å². The zero-order chi connectivity index (χ0) is 14.6. The molecule has 106 valence electrons. The zero-order valence-corrected chi connectivity index (χ0v) is 11.7. The van der Waals surface area contributed by atoms with Crippen molar-refractivity contribution in [1.82, 2.24) is 9.78 Å². The summed E-state index contributed by atoms with van der Waals surface area (Å²) >= 11 is 0. The number of aromatic nitrogens is 2. The van der Waals surface area contributed by atoms with Crippen LogP contribution in [0, 0.1) is 0 Å². The molecule has 1 heterocycles. The summed E-state index contributed by atoms with van der Waals surface area (Å²) in [5, 5.41) is 4.14. The molecule has 2 rings (SSSR count). The second kappa shape index (κ2) is 5.88. The minimum absolute atomic E-state index is 0.179. The molecule has 0 radical (unpaired) electrons. The van der Waals surface area contributed by atoms with Gasteiger partial charge in [0, 0.05) is 19.8 Å². The predicted molar refractivity (Wildman–Crippen MR) is 76.1 cm³/mol. The van der Waals surface area contributed by atoms with Gasteiger partial charge in [0.25, 0.3) is 0 Å². The average molecular weight is 273 g/mol. The zero-order valence-electron chi connectivity index (χ0n) is 11.7. The fourth-order valence-electron chi connectivity index (χ4n) is 2.43. The Bertz CT molecular complexity index is 580. The van der Waals surface area contributed by atoms with Crippen LogP contribution in [-0.4, -0.2) is 29.4 Å². The lowest BCUT2D eigenvalue weighted by atomic mass is 9.76. The third kappa shape index (κ3) is 2.58. The Kier molecular flexibility index (Phi) is 4.20. The van der Waals surface area contributed by atoms with E-state index in [-0.39, 0.29) is 12.5 Å². The number of nitrogens with two attached hydrogens (primary N) is 1. The van der Waals surface area contributed by atoms with Crippen LogP contribution in [0.3, 0.4) is 0 Å². The van der Waals surface area contributed by atoms with Crippen LogP contribution in [0.5, 0.6) is 0 Å². The number of nitrogens with zero attached hydrogens (tertiary/aromatic N) is 2. The highest BCUT2D eigenvalue weighted by Gasteiger charge is 2.40. The Morgan fingerprint density at radius 2 is 2.10 bits per heavy atom. The Morgan fingerprint density at radius 1 is 1.40 bits per heavy atom. The summed E-state index contributed by atoms with van der Waals surface area (Å²) in [6.45, 7) is 0.179. The molecule has 0 fully saturated rings. The van der Waals surface area contributed by atoms with Crippen molar-refractivity contribution in [3.63, 3.8) is 0 Å².